The molecule has 0 atom stereocenters. The molecule has 0 aliphatic carbocycles. The zero-order valence-electron chi connectivity index (χ0n) is 16.9. The van der Waals surface area contributed by atoms with Crippen molar-refractivity contribution in [2.75, 3.05) is 19.6 Å². The summed E-state index contributed by atoms with van der Waals surface area (Å²) in [7, 11) is 0. The smallest absolute Gasteiger partial charge is 0.147 e. The van der Waals surface area contributed by atoms with Gasteiger partial charge in [-0.1, -0.05) is 42.5 Å². The van der Waals surface area contributed by atoms with Crippen molar-refractivity contribution in [1.82, 2.24) is 25.0 Å². The molecular weight excluding hydrogens is 401 g/mol. The van der Waals surface area contributed by atoms with Gasteiger partial charge in [-0.25, -0.2) is 4.39 Å². The average Bonchev–Trinajstić information content (AvgIpc) is 3.20. The summed E-state index contributed by atoms with van der Waals surface area (Å²) in [5.41, 5.74) is 2.75. The Morgan fingerprint density at radius 3 is 2.53 bits per heavy atom. The second-order valence-corrected chi connectivity index (χ2v) is 8.03. The average molecular weight is 428 g/mol. The number of nitrogens with zero attached hydrogens (tertiary/aromatic N) is 4. The van der Waals surface area contributed by atoms with Gasteiger partial charge in [0.2, 0.25) is 0 Å². The molecule has 2 aliphatic rings. The summed E-state index contributed by atoms with van der Waals surface area (Å²) in [4.78, 5) is 2.35. The van der Waals surface area contributed by atoms with Crippen molar-refractivity contribution in [3.8, 4) is 11.1 Å². The van der Waals surface area contributed by atoms with E-state index in [4.69, 9.17) is 0 Å². The highest BCUT2D eigenvalue weighted by atomic mass is 35.5. The quantitative estimate of drug-likeness (QED) is 0.683. The van der Waals surface area contributed by atoms with Crippen LogP contribution in [0.25, 0.3) is 11.1 Å². The molecule has 2 aromatic carbocycles. The maximum Gasteiger partial charge on any atom is 0.147 e. The minimum Gasteiger partial charge on any atom is -0.312 e. The molecule has 0 unspecified atom stereocenters. The maximum atomic E-state index is 14.7. The predicted molar refractivity (Wildman–Crippen MR) is 118 cm³/mol. The van der Waals surface area contributed by atoms with Crippen molar-refractivity contribution in [2.45, 2.75) is 38.4 Å². The van der Waals surface area contributed by atoms with E-state index in [1.54, 1.807) is 6.07 Å². The van der Waals surface area contributed by atoms with E-state index in [1.165, 1.54) is 0 Å². The molecular formula is C23H27ClFN5. The first-order valence-electron chi connectivity index (χ1n) is 10.5. The van der Waals surface area contributed by atoms with Crippen molar-refractivity contribution in [1.29, 1.82) is 0 Å². The van der Waals surface area contributed by atoms with Crippen LogP contribution in [0.2, 0.25) is 0 Å². The Morgan fingerprint density at radius 1 is 0.967 bits per heavy atom. The molecule has 7 heteroatoms. The first-order chi connectivity index (χ1) is 14.3. The van der Waals surface area contributed by atoms with E-state index in [2.05, 4.69) is 25.0 Å². The van der Waals surface area contributed by atoms with Gasteiger partial charge in [-0.3, -0.25) is 4.90 Å². The highest BCUT2D eigenvalue weighted by molar-refractivity contribution is 5.85. The van der Waals surface area contributed by atoms with E-state index in [-0.39, 0.29) is 18.2 Å². The predicted octanol–water partition coefficient (Wildman–Crippen LogP) is 3.99. The highest BCUT2D eigenvalue weighted by Gasteiger charge is 2.27. The minimum atomic E-state index is -0.118. The molecule has 0 radical (unpaired) electrons. The lowest BCUT2D eigenvalue weighted by atomic mass is 9.95. The Kier molecular flexibility index (Phi) is 6.46. The Bertz CT molecular complexity index is 983. The van der Waals surface area contributed by atoms with Crippen LogP contribution >= 0.6 is 12.4 Å². The van der Waals surface area contributed by atoms with Gasteiger partial charge >= 0.3 is 0 Å². The zero-order valence-corrected chi connectivity index (χ0v) is 17.7. The van der Waals surface area contributed by atoms with Gasteiger partial charge in [0.15, 0.2) is 0 Å². The van der Waals surface area contributed by atoms with Gasteiger partial charge in [0, 0.05) is 31.1 Å². The van der Waals surface area contributed by atoms with E-state index in [1.807, 2.05) is 42.5 Å². The van der Waals surface area contributed by atoms with Crippen molar-refractivity contribution in [3.05, 3.63) is 71.6 Å². The topological polar surface area (TPSA) is 46.0 Å². The molecule has 0 amide bonds. The van der Waals surface area contributed by atoms with Crippen LogP contribution in [0.4, 0.5) is 4.39 Å². The van der Waals surface area contributed by atoms with Gasteiger partial charge in [0.1, 0.15) is 17.5 Å². The number of fused-ring (bicyclic) bond motifs is 1. The summed E-state index contributed by atoms with van der Waals surface area (Å²) in [6.45, 7) is 5.33. The van der Waals surface area contributed by atoms with Crippen LogP contribution in [-0.4, -0.2) is 39.3 Å². The number of benzene rings is 2. The fraction of sp³-hybridized carbons (Fsp3) is 0.391. The molecule has 1 saturated heterocycles. The summed E-state index contributed by atoms with van der Waals surface area (Å²) in [5.74, 6) is 2.53. The number of hydrogen-bond donors (Lipinski definition) is 1. The molecule has 3 aromatic rings. The third kappa shape index (κ3) is 4.26. The normalized spacial score (nSPS) is 17.4. The van der Waals surface area contributed by atoms with E-state index < -0.39 is 0 Å². The molecule has 0 bridgehead atoms. The molecule has 0 saturated carbocycles. The van der Waals surface area contributed by atoms with Crippen LogP contribution in [-0.2, 0) is 19.6 Å². The van der Waals surface area contributed by atoms with E-state index >= 15 is 0 Å². The van der Waals surface area contributed by atoms with Crippen LogP contribution in [0, 0.1) is 5.82 Å². The summed E-state index contributed by atoms with van der Waals surface area (Å²) in [6.07, 6.45) is 2.10. The molecule has 3 heterocycles. The van der Waals surface area contributed by atoms with Crippen molar-refractivity contribution in [2.24, 2.45) is 0 Å². The lowest BCUT2D eigenvalue weighted by molar-refractivity contribution is 0.197. The first-order valence-corrected chi connectivity index (χ1v) is 10.5. The zero-order chi connectivity index (χ0) is 19.6. The summed E-state index contributed by atoms with van der Waals surface area (Å²) in [5, 5.41) is 12.2. The van der Waals surface area contributed by atoms with Gasteiger partial charge in [0.05, 0.1) is 6.54 Å². The van der Waals surface area contributed by atoms with E-state index in [0.29, 0.717) is 12.5 Å². The van der Waals surface area contributed by atoms with Crippen molar-refractivity contribution >= 4 is 12.4 Å². The molecule has 158 valence electrons. The lowest BCUT2D eigenvalue weighted by Crippen LogP contribution is -2.35. The monoisotopic (exact) mass is 427 g/mol. The first kappa shape index (κ1) is 21.0. The van der Waals surface area contributed by atoms with E-state index in [0.717, 1.165) is 73.9 Å². The maximum absolute atomic E-state index is 14.7. The Labute approximate surface area is 182 Å². The van der Waals surface area contributed by atoms with Gasteiger partial charge < -0.3 is 9.88 Å². The molecule has 1 fully saturated rings. The van der Waals surface area contributed by atoms with Crippen LogP contribution < -0.4 is 5.32 Å². The lowest BCUT2D eigenvalue weighted by Gasteiger charge is -2.32. The fourth-order valence-corrected chi connectivity index (χ4v) is 4.49. The Balaban J connectivity index is 0.00000218. The number of rotatable bonds is 4. The third-order valence-corrected chi connectivity index (χ3v) is 6.16. The Hall–Kier alpha value is -2.28. The van der Waals surface area contributed by atoms with Gasteiger partial charge in [-0.2, -0.15) is 0 Å². The summed E-state index contributed by atoms with van der Waals surface area (Å²) in [6, 6.07) is 15.6. The SMILES string of the molecule is Cl.Fc1cc(-c2ccccc2)ccc1CN1CCC(c2nnc3n2CCNC3)CC1. The number of likely N-dealkylation sites (tertiary alicyclic amines) is 1. The molecule has 30 heavy (non-hydrogen) atoms. The molecule has 1 aromatic heterocycles. The second kappa shape index (κ2) is 9.25. The molecule has 1 N–H and O–H groups in total. The van der Waals surface area contributed by atoms with Gasteiger partial charge in [-0.15, -0.1) is 22.6 Å². The summed E-state index contributed by atoms with van der Waals surface area (Å²) >= 11 is 0. The largest absolute Gasteiger partial charge is 0.312 e. The number of aromatic nitrogens is 3. The van der Waals surface area contributed by atoms with Gasteiger partial charge in [-0.05, 0) is 43.1 Å². The standard InChI is InChI=1S/C23H26FN5.ClH/c24-21-14-19(17-4-2-1-3-5-17)6-7-20(21)16-28-11-8-18(9-12-28)23-27-26-22-15-25-10-13-29(22)23;/h1-7,14,18,25H,8-13,15-16H2;1H. The minimum absolute atomic E-state index is 0. The molecule has 0 spiro atoms. The number of hydrogen-bond acceptors (Lipinski definition) is 4. The Morgan fingerprint density at radius 2 is 1.77 bits per heavy atom. The number of nitrogens with one attached hydrogen (secondary N) is 1. The molecule has 2 aliphatic heterocycles. The van der Waals surface area contributed by atoms with Crippen LogP contribution in [0.3, 0.4) is 0 Å². The summed E-state index contributed by atoms with van der Waals surface area (Å²) < 4.78 is 17.0. The van der Waals surface area contributed by atoms with E-state index in [9.17, 15) is 4.39 Å². The third-order valence-electron chi connectivity index (χ3n) is 6.16. The number of piperidine rings is 1. The van der Waals surface area contributed by atoms with Crippen molar-refractivity contribution in [3.63, 3.8) is 0 Å². The number of halogens is 2. The molecule has 5 rings (SSSR count). The van der Waals surface area contributed by atoms with Crippen LogP contribution in [0.1, 0.15) is 36.0 Å². The van der Waals surface area contributed by atoms with Crippen LogP contribution in [0.15, 0.2) is 48.5 Å². The molecule has 5 nitrogen and oxygen atoms in total. The van der Waals surface area contributed by atoms with Gasteiger partial charge in [0.25, 0.3) is 0 Å². The van der Waals surface area contributed by atoms with Crippen molar-refractivity contribution < 1.29 is 4.39 Å². The fourth-order valence-electron chi connectivity index (χ4n) is 4.49. The highest BCUT2D eigenvalue weighted by Crippen LogP contribution is 2.29. The van der Waals surface area contributed by atoms with Crippen LogP contribution in [0.5, 0.6) is 0 Å². The second-order valence-electron chi connectivity index (χ2n) is 8.03.